The number of hydrogen-bond donors (Lipinski definition) is 1. The molecule has 0 aliphatic rings. The minimum absolute atomic E-state index is 0.0324. The van der Waals surface area contributed by atoms with Gasteiger partial charge >= 0.3 is 0 Å². The third-order valence-corrected chi connectivity index (χ3v) is 5.07. The number of para-hydroxylation sites is 1. The number of rotatable bonds is 6. The highest BCUT2D eigenvalue weighted by atomic mass is 32.2. The van der Waals surface area contributed by atoms with Crippen molar-refractivity contribution in [2.45, 2.75) is 30.0 Å². The van der Waals surface area contributed by atoms with Gasteiger partial charge in [0.25, 0.3) is 5.69 Å². The predicted octanol–water partition coefficient (Wildman–Crippen LogP) is 4.70. The molecule has 1 aromatic heterocycles. The molecule has 0 spiro atoms. The highest BCUT2D eigenvalue weighted by Crippen LogP contribution is 2.27. The molecule has 0 radical (unpaired) electrons. The van der Waals surface area contributed by atoms with Gasteiger partial charge in [-0.05, 0) is 38.1 Å². The van der Waals surface area contributed by atoms with Gasteiger partial charge in [-0.1, -0.05) is 18.2 Å². The first-order valence-corrected chi connectivity index (χ1v) is 9.02. The number of thioether (sulfide) groups is 1. The van der Waals surface area contributed by atoms with Crippen molar-refractivity contribution in [3.8, 4) is 0 Å². The Hall–Kier alpha value is -2.80. The van der Waals surface area contributed by atoms with Gasteiger partial charge in [-0.3, -0.25) is 14.9 Å². The minimum Gasteiger partial charge on any atom is -0.459 e. The number of hydrogen-bond acceptors (Lipinski definition) is 5. The van der Waals surface area contributed by atoms with Crippen LogP contribution < -0.4 is 5.32 Å². The second-order valence-corrected chi connectivity index (χ2v) is 7.34. The van der Waals surface area contributed by atoms with Crippen LogP contribution in [0.25, 0.3) is 11.0 Å². The standard InChI is InChI=1S/C19H18N2O4S/c1-12(18-11-14-5-3-4-6-17(14)25-18)20-19(22)13(2)26-16-9-7-15(8-10-16)21(23)24/h3-13H,1-2H3,(H,20,22). The van der Waals surface area contributed by atoms with Gasteiger partial charge in [0, 0.05) is 22.4 Å². The highest BCUT2D eigenvalue weighted by Gasteiger charge is 2.19. The molecule has 0 aliphatic carbocycles. The third kappa shape index (κ3) is 4.05. The SMILES string of the molecule is CC(Sc1ccc([N+](=O)[O-])cc1)C(=O)NC(C)c1cc2ccccc2o1. The number of fused-ring (bicyclic) bond motifs is 1. The lowest BCUT2D eigenvalue weighted by Gasteiger charge is -2.15. The number of nitro benzene ring substituents is 1. The van der Waals surface area contributed by atoms with Gasteiger partial charge < -0.3 is 9.73 Å². The van der Waals surface area contributed by atoms with E-state index in [1.54, 1.807) is 19.1 Å². The van der Waals surface area contributed by atoms with Crippen molar-refractivity contribution >= 4 is 34.3 Å². The molecule has 1 heterocycles. The number of nitrogens with one attached hydrogen (secondary N) is 1. The van der Waals surface area contributed by atoms with Crippen LogP contribution >= 0.6 is 11.8 Å². The molecule has 26 heavy (non-hydrogen) atoms. The Bertz CT molecular complexity index is 903. The average Bonchev–Trinajstić information content (AvgIpc) is 3.06. The van der Waals surface area contributed by atoms with Gasteiger partial charge in [-0.2, -0.15) is 0 Å². The van der Waals surface area contributed by atoms with Crippen molar-refractivity contribution in [1.82, 2.24) is 5.32 Å². The highest BCUT2D eigenvalue weighted by molar-refractivity contribution is 8.00. The molecule has 0 aliphatic heterocycles. The van der Waals surface area contributed by atoms with Crippen LogP contribution in [0.3, 0.4) is 0 Å². The number of furan rings is 1. The first-order chi connectivity index (χ1) is 12.4. The van der Waals surface area contributed by atoms with Crippen molar-refractivity contribution in [3.05, 3.63) is 70.5 Å². The molecule has 3 aromatic rings. The summed E-state index contributed by atoms with van der Waals surface area (Å²) < 4.78 is 5.78. The summed E-state index contributed by atoms with van der Waals surface area (Å²) in [4.78, 5) is 23.5. The molecule has 0 saturated carbocycles. The molecule has 7 heteroatoms. The van der Waals surface area contributed by atoms with Crippen LogP contribution in [-0.2, 0) is 4.79 Å². The number of benzene rings is 2. The average molecular weight is 370 g/mol. The molecule has 134 valence electrons. The van der Waals surface area contributed by atoms with Crippen molar-refractivity contribution in [3.63, 3.8) is 0 Å². The van der Waals surface area contributed by atoms with E-state index in [0.29, 0.717) is 5.76 Å². The van der Waals surface area contributed by atoms with Crippen LogP contribution in [0.15, 0.2) is 63.9 Å². The second-order valence-electron chi connectivity index (χ2n) is 5.93. The van der Waals surface area contributed by atoms with Crippen LogP contribution in [0, 0.1) is 10.1 Å². The molecule has 1 amide bonds. The largest absolute Gasteiger partial charge is 0.459 e. The Labute approximate surface area is 154 Å². The zero-order valence-electron chi connectivity index (χ0n) is 14.3. The number of nitro groups is 1. The molecule has 3 rings (SSSR count). The summed E-state index contributed by atoms with van der Waals surface area (Å²) in [5.74, 6) is 0.577. The summed E-state index contributed by atoms with van der Waals surface area (Å²) in [6.07, 6.45) is 0. The number of nitrogens with zero attached hydrogens (tertiary/aromatic N) is 1. The van der Waals surface area contributed by atoms with Gasteiger partial charge in [0.1, 0.15) is 11.3 Å². The van der Waals surface area contributed by atoms with E-state index in [1.807, 2.05) is 37.3 Å². The Morgan fingerprint density at radius 1 is 1.15 bits per heavy atom. The Balaban J connectivity index is 1.61. The number of amides is 1. The van der Waals surface area contributed by atoms with Gasteiger partial charge in [-0.25, -0.2) is 0 Å². The zero-order chi connectivity index (χ0) is 18.7. The van der Waals surface area contributed by atoms with Gasteiger partial charge in [0.15, 0.2) is 0 Å². The Morgan fingerprint density at radius 3 is 2.50 bits per heavy atom. The predicted molar refractivity (Wildman–Crippen MR) is 101 cm³/mol. The van der Waals surface area contributed by atoms with Crippen LogP contribution in [0.4, 0.5) is 5.69 Å². The summed E-state index contributed by atoms with van der Waals surface area (Å²) >= 11 is 1.35. The van der Waals surface area contributed by atoms with E-state index < -0.39 is 4.92 Å². The Morgan fingerprint density at radius 2 is 1.85 bits per heavy atom. The van der Waals surface area contributed by atoms with Crippen LogP contribution in [0.1, 0.15) is 25.6 Å². The first-order valence-electron chi connectivity index (χ1n) is 8.14. The fourth-order valence-electron chi connectivity index (χ4n) is 2.52. The quantitative estimate of drug-likeness (QED) is 0.386. The zero-order valence-corrected chi connectivity index (χ0v) is 15.2. The summed E-state index contributed by atoms with van der Waals surface area (Å²) in [5, 5.41) is 14.3. The maximum absolute atomic E-state index is 12.4. The van der Waals surface area contributed by atoms with E-state index in [1.165, 1.54) is 23.9 Å². The lowest BCUT2D eigenvalue weighted by atomic mass is 10.2. The van der Waals surface area contributed by atoms with E-state index in [-0.39, 0.29) is 22.9 Å². The maximum atomic E-state index is 12.4. The van der Waals surface area contributed by atoms with E-state index >= 15 is 0 Å². The second kappa shape index (κ2) is 7.61. The molecule has 0 fully saturated rings. The fraction of sp³-hybridized carbons (Fsp3) is 0.211. The molecular weight excluding hydrogens is 352 g/mol. The monoisotopic (exact) mass is 370 g/mol. The van der Waals surface area contributed by atoms with E-state index in [0.717, 1.165) is 15.9 Å². The molecule has 2 atom stereocenters. The summed E-state index contributed by atoms with van der Waals surface area (Å²) in [6.45, 7) is 3.67. The summed E-state index contributed by atoms with van der Waals surface area (Å²) in [7, 11) is 0. The molecule has 2 unspecified atom stereocenters. The van der Waals surface area contributed by atoms with Crippen molar-refractivity contribution in [1.29, 1.82) is 0 Å². The normalized spacial score (nSPS) is 13.3. The topological polar surface area (TPSA) is 85.4 Å². The minimum atomic E-state index is -0.445. The molecule has 1 N–H and O–H groups in total. The van der Waals surface area contributed by atoms with Crippen LogP contribution in [-0.4, -0.2) is 16.1 Å². The lowest BCUT2D eigenvalue weighted by molar-refractivity contribution is -0.384. The number of carbonyl (C=O) groups excluding carboxylic acids is 1. The Kier molecular flexibility index (Phi) is 5.27. The van der Waals surface area contributed by atoms with Gasteiger partial charge in [-0.15, -0.1) is 11.8 Å². The fourth-order valence-corrected chi connectivity index (χ4v) is 3.40. The molecule has 0 saturated heterocycles. The molecule has 6 nitrogen and oxygen atoms in total. The van der Waals surface area contributed by atoms with Crippen molar-refractivity contribution in [2.24, 2.45) is 0 Å². The number of non-ortho nitro benzene ring substituents is 1. The van der Waals surface area contributed by atoms with Crippen molar-refractivity contribution in [2.75, 3.05) is 0 Å². The number of carbonyl (C=O) groups is 1. The van der Waals surface area contributed by atoms with Crippen LogP contribution in [0.5, 0.6) is 0 Å². The molecule has 0 bridgehead atoms. The van der Waals surface area contributed by atoms with Crippen molar-refractivity contribution < 1.29 is 14.1 Å². The first kappa shape index (κ1) is 18.0. The third-order valence-electron chi connectivity index (χ3n) is 3.96. The van der Waals surface area contributed by atoms with Gasteiger partial charge in [0.2, 0.25) is 5.91 Å². The summed E-state index contributed by atoms with van der Waals surface area (Å²) in [6, 6.07) is 15.5. The molecular formula is C19H18N2O4S. The van der Waals surface area contributed by atoms with Gasteiger partial charge in [0.05, 0.1) is 16.2 Å². The van der Waals surface area contributed by atoms with Crippen LogP contribution in [0.2, 0.25) is 0 Å². The van der Waals surface area contributed by atoms with E-state index in [9.17, 15) is 14.9 Å². The summed E-state index contributed by atoms with van der Waals surface area (Å²) in [5.41, 5.74) is 0.821. The van der Waals surface area contributed by atoms with E-state index in [4.69, 9.17) is 4.42 Å². The molecule has 2 aromatic carbocycles. The smallest absolute Gasteiger partial charge is 0.269 e. The maximum Gasteiger partial charge on any atom is 0.269 e. The van der Waals surface area contributed by atoms with E-state index in [2.05, 4.69) is 5.32 Å². The lowest BCUT2D eigenvalue weighted by Crippen LogP contribution is -2.32.